The van der Waals surface area contributed by atoms with Crippen LogP contribution >= 0.6 is 0 Å². The van der Waals surface area contributed by atoms with Crippen LogP contribution in [0.4, 0.5) is 11.6 Å². The minimum Gasteiger partial charge on any atom is -0.356 e. The van der Waals surface area contributed by atoms with Crippen LogP contribution in [0.25, 0.3) is 0 Å². The van der Waals surface area contributed by atoms with E-state index in [0.717, 1.165) is 49.7 Å². The fourth-order valence-electron chi connectivity index (χ4n) is 4.24. The highest BCUT2D eigenvalue weighted by molar-refractivity contribution is 5.42. The summed E-state index contributed by atoms with van der Waals surface area (Å²) >= 11 is 0. The second-order valence-electron chi connectivity index (χ2n) is 7.09. The Kier molecular flexibility index (Phi) is 4.91. The summed E-state index contributed by atoms with van der Waals surface area (Å²) in [5.74, 6) is 3.46. The van der Waals surface area contributed by atoms with Crippen LogP contribution in [-0.4, -0.2) is 46.1 Å². The van der Waals surface area contributed by atoms with Gasteiger partial charge in [-0.3, -0.25) is 4.98 Å². The van der Waals surface area contributed by atoms with Crippen molar-refractivity contribution in [2.24, 2.45) is 11.8 Å². The van der Waals surface area contributed by atoms with Crippen LogP contribution in [0.15, 0.2) is 31.0 Å². The van der Waals surface area contributed by atoms with Crippen molar-refractivity contribution in [3.8, 4) is 6.07 Å². The molecule has 2 aliphatic heterocycles. The van der Waals surface area contributed by atoms with Gasteiger partial charge in [0.05, 0.1) is 6.20 Å². The number of nitriles is 1. The summed E-state index contributed by atoms with van der Waals surface area (Å²) in [6.45, 7) is 4.16. The summed E-state index contributed by atoms with van der Waals surface area (Å²) in [5, 5.41) is 9.01. The van der Waals surface area contributed by atoms with Crippen molar-refractivity contribution < 1.29 is 0 Å². The standard InChI is InChI=1S/C19H23N7/c20-12-17-11-18(24-14-23-17)25-7-1-15(2-8-25)16-3-9-26(10-4-16)19-13-21-5-6-22-19/h5-6,11,13-16H,1-4,7-10H2. The molecule has 134 valence electrons. The zero-order chi connectivity index (χ0) is 17.8. The molecule has 0 aliphatic carbocycles. The number of hydrogen-bond acceptors (Lipinski definition) is 7. The normalized spacial score (nSPS) is 19.3. The Morgan fingerprint density at radius 1 is 0.846 bits per heavy atom. The van der Waals surface area contributed by atoms with Crippen LogP contribution in [0.3, 0.4) is 0 Å². The number of rotatable bonds is 3. The zero-order valence-corrected chi connectivity index (χ0v) is 14.8. The summed E-state index contributed by atoms with van der Waals surface area (Å²) in [5.41, 5.74) is 0.438. The number of anilines is 2. The van der Waals surface area contributed by atoms with Gasteiger partial charge in [-0.1, -0.05) is 0 Å². The number of nitrogens with zero attached hydrogens (tertiary/aromatic N) is 7. The molecule has 0 unspecified atom stereocenters. The van der Waals surface area contributed by atoms with Crippen LogP contribution in [0.5, 0.6) is 0 Å². The molecule has 0 amide bonds. The SMILES string of the molecule is N#Cc1cc(N2CCC(C3CCN(c4cnccn4)CC3)CC2)ncn1. The van der Waals surface area contributed by atoms with E-state index in [1.54, 1.807) is 18.5 Å². The second-order valence-corrected chi connectivity index (χ2v) is 7.09. The molecule has 0 atom stereocenters. The Labute approximate surface area is 153 Å². The Morgan fingerprint density at radius 3 is 2.08 bits per heavy atom. The topological polar surface area (TPSA) is 81.8 Å². The van der Waals surface area contributed by atoms with E-state index in [2.05, 4.69) is 35.8 Å². The molecule has 2 fully saturated rings. The van der Waals surface area contributed by atoms with Crippen molar-refractivity contribution >= 4 is 11.6 Å². The quantitative estimate of drug-likeness (QED) is 0.840. The molecule has 7 nitrogen and oxygen atoms in total. The molecule has 0 spiro atoms. The van der Waals surface area contributed by atoms with E-state index in [1.165, 1.54) is 32.0 Å². The molecule has 0 bridgehead atoms. The molecule has 2 saturated heterocycles. The highest BCUT2D eigenvalue weighted by Crippen LogP contribution is 2.34. The molecule has 0 saturated carbocycles. The molecular formula is C19H23N7. The largest absolute Gasteiger partial charge is 0.356 e. The molecule has 0 radical (unpaired) electrons. The first-order valence-electron chi connectivity index (χ1n) is 9.31. The van der Waals surface area contributed by atoms with Crippen LogP contribution in [-0.2, 0) is 0 Å². The van der Waals surface area contributed by atoms with Gasteiger partial charge in [-0.15, -0.1) is 0 Å². The number of hydrogen-bond donors (Lipinski definition) is 0. The maximum Gasteiger partial charge on any atom is 0.147 e. The molecule has 4 rings (SSSR count). The predicted octanol–water partition coefficient (Wildman–Crippen LogP) is 2.27. The molecule has 7 heteroatoms. The summed E-state index contributed by atoms with van der Waals surface area (Å²) in [7, 11) is 0. The van der Waals surface area contributed by atoms with E-state index in [4.69, 9.17) is 5.26 Å². The summed E-state index contributed by atoms with van der Waals surface area (Å²) in [4.78, 5) is 21.5. The Hall–Kier alpha value is -2.75. The third-order valence-electron chi connectivity index (χ3n) is 5.71. The van der Waals surface area contributed by atoms with Gasteiger partial charge in [-0.2, -0.15) is 5.26 Å². The molecule has 4 heterocycles. The molecule has 26 heavy (non-hydrogen) atoms. The van der Waals surface area contributed by atoms with Gasteiger partial charge in [0.15, 0.2) is 0 Å². The van der Waals surface area contributed by atoms with Crippen molar-refractivity contribution in [3.63, 3.8) is 0 Å². The van der Waals surface area contributed by atoms with Gasteiger partial charge in [0.1, 0.15) is 29.7 Å². The highest BCUT2D eigenvalue weighted by atomic mass is 15.2. The third kappa shape index (κ3) is 3.59. The van der Waals surface area contributed by atoms with Gasteiger partial charge in [-0.25, -0.2) is 15.0 Å². The van der Waals surface area contributed by atoms with Crippen molar-refractivity contribution in [2.75, 3.05) is 36.0 Å². The molecule has 2 aliphatic rings. The van der Waals surface area contributed by atoms with Gasteiger partial charge in [0, 0.05) is 44.6 Å². The van der Waals surface area contributed by atoms with E-state index in [0.29, 0.717) is 5.69 Å². The van der Waals surface area contributed by atoms with Crippen LogP contribution in [0.1, 0.15) is 31.4 Å². The Balaban J connectivity index is 1.30. The van der Waals surface area contributed by atoms with Crippen LogP contribution in [0, 0.1) is 23.2 Å². The number of aromatic nitrogens is 4. The van der Waals surface area contributed by atoms with Crippen molar-refractivity contribution in [1.82, 2.24) is 19.9 Å². The lowest BCUT2D eigenvalue weighted by Gasteiger charge is -2.40. The lowest BCUT2D eigenvalue weighted by atomic mass is 9.79. The maximum atomic E-state index is 9.01. The molecule has 2 aromatic rings. The smallest absolute Gasteiger partial charge is 0.147 e. The van der Waals surface area contributed by atoms with E-state index >= 15 is 0 Å². The first-order valence-corrected chi connectivity index (χ1v) is 9.31. The minimum atomic E-state index is 0.438. The Bertz CT molecular complexity index is 757. The van der Waals surface area contributed by atoms with Crippen molar-refractivity contribution in [2.45, 2.75) is 25.7 Å². The second kappa shape index (κ2) is 7.65. The summed E-state index contributed by atoms with van der Waals surface area (Å²) < 4.78 is 0. The average Bonchev–Trinajstić information content (AvgIpc) is 2.75. The highest BCUT2D eigenvalue weighted by Gasteiger charge is 2.30. The van der Waals surface area contributed by atoms with Gasteiger partial charge < -0.3 is 9.80 Å². The van der Waals surface area contributed by atoms with Gasteiger partial charge in [0.2, 0.25) is 0 Å². The summed E-state index contributed by atoms with van der Waals surface area (Å²) in [6.07, 6.45) is 11.7. The fourth-order valence-corrected chi connectivity index (χ4v) is 4.24. The third-order valence-corrected chi connectivity index (χ3v) is 5.71. The predicted molar refractivity (Wildman–Crippen MR) is 98.7 cm³/mol. The lowest BCUT2D eigenvalue weighted by molar-refractivity contribution is 0.232. The van der Waals surface area contributed by atoms with Crippen molar-refractivity contribution in [3.05, 3.63) is 36.7 Å². The summed E-state index contributed by atoms with van der Waals surface area (Å²) in [6, 6.07) is 3.88. The molecular weight excluding hydrogens is 326 g/mol. The fraction of sp³-hybridized carbons (Fsp3) is 0.526. The molecule has 0 aromatic carbocycles. The van der Waals surface area contributed by atoms with E-state index in [-0.39, 0.29) is 0 Å². The minimum absolute atomic E-state index is 0.438. The first-order chi connectivity index (χ1) is 12.8. The Morgan fingerprint density at radius 2 is 1.50 bits per heavy atom. The average molecular weight is 349 g/mol. The van der Waals surface area contributed by atoms with Gasteiger partial charge in [-0.05, 0) is 37.5 Å². The van der Waals surface area contributed by atoms with Gasteiger partial charge >= 0.3 is 0 Å². The van der Waals surface area contributed by atoms with Crippen LogP contribution in [0.2, 0.25) is 0 Å². The van der Waals surface area contributed by atoms with Gasteiger partial charge in [0.25, 0.3) is 0 Å². The number of piperidine rings is 2. The lowest BCUT2D eigenvalue weighted by Crippen LogP contribution is -2.41. The molecule has 2 aromatic heterocycles. The van der Waals surface area contributed by atoms with Crippen LogP contribution < -0.4 is 9.80 Å². The van der Waals surface area contributed by atoms with E-state index in [9.17, 15) is 0 Å². The zero-order valence-electron chi connectivity index (χ0n) is 14.8. The monoisotopic (exact) mass is 349 g/mol. The van der Waals surface area contributed by atoms with Crippen molar-refractivity contribution in [1.29, 1.82) is 5.26 Å². The molecule has 0 N–H and O–H groups in total. The van der Waals surface area contributed by atoms with E-state index < -0.39 is 0 Å². The first kappa shape index (κ1) is 16.7. The maximum absolute atomic E-state index is 9.01. The van der Waals surface area contributed by atoms with E-state index in [1.807, 2.05) is 6.20 Å².